The lowest BCUT2D eigenvalue weighted by atomic mass is 10.1. The van der Waals surface area contributed by atoms with Crippen LogP contribution < -0.4 is 9.64 Å². The lowest BCUT2D eigenvalue weighted by Gasteiger charge is -2.24. The van der Waals surface area contributed by atoms with Crippen LogP contribution in [0.2, 0.25) is 0 Å². The van der Waals surface area contributed by atoms with E-state index in [2.05, 4.69) is 0 Å². The maximum atomic E-state index is 12.2. The van der Waals surface area contributed by atoms with Crippen LogP contribution in [0.4, 0.5) is 15.3 Å². The number of rotatable bonds is 3. The third-order valence-electron chi connectivity index (χ3n) is 6.07. The number of carbonyl (C=O) groups is 2. The van der Waals surface area contributed by atoms with Crippen LogP contribution in [0.25, 0.3) is 10.9 Å². The van der Waals surface area contributed by atoms with Crippen molar-refractivity contribution in [1.29, 1.82) is 0 Å². The number of phenolic OH excluding ortho intramolecular Hbond substituents is 1. The Morgan fingerprint density at radius 2 is 1.51 bits per heavy atom. The Kier molecular flexibility index (Phi) is 8.61. The van der Waals surface area contributed by atoms with Crippen molar-refractivity contribution in [3.8, 4) is 11.5 Å². The molecule has 1 aliphatic rings. The molecule has 1 aromatic heterocycles. The second-order valence-corrected chi connectivity index (χ2v) is 11.9. The number of nitrogens with zero attached hydrogens (tertiary/aromatic N) is 2. The molecule has 0 saturated heterocycles. The topological polar surface area (TPSA) is 90.2 Å². The zero-order chi connectivity index (χ0) is 29.8. The predicted octanol–water partition coefficient (Wildman–Crippen LogP) is 7.69. The fraction of sp³-hybridized carbons (Fsp3) is 0.333. The Hall–Kier alpha value is -4.46. The van der Waals surface area contributed by atoms with E-state index in [0.717, 1.165) is 39.9 Å². The average molecular weight is 559 g/mol. The Labute approximate surface area is 241 Å². The highest BCUT2D eigenvalue weighted by molar-refractivity contribution is 5.91. The van der Waals surface area contributed by atoms with Gasteiger partial charge in [-0.15, -0.1) is 0 Å². The van der Waals surface area contributed by atoms with Crippen molar-refractivity contribution in [2.75, 3.05) is 11.4 Å². The van der Waals surface area contributed by atoms with Gasteiger partial charge in [0.25, 0.3) is 0 Å². The van der Waals surface area contributed by atoms with Gasteiger partial charge < -0.3 is 19.3 Å². The molecule has 216 valence electrons. The van der Waals surface area contributed by atoms with E-state index in [0.29, 0.717) is 13.2 Å². The Morgan fingerprint density at radius 1 is 0.829 bits per heavy atom. The third kappa shape index (κ3) is 8.03. The van der Waals surface area contributed by atoms with Gasteiger partial charge in [-0.25, -0.2) is 9.59 Å². The van der Waals surface area contributed by atoms with Crippen LogP contribution in [-0.2, 0) is 22.5 Å². The van der Waals surface area contributed by atoms with Crippen LogP contribution in [0.3, 0.4) is 0 Å². The zero-order valence-corrected chi connectivity index (χ0v) is 24.5. The largest absolute Gasteiger partial charge is 0.508 e. The number of benzene rings is 3. The first-order chi connectivity index (χ1) is 19.3. The second-order valence-electron chi connectivity index (χ2n) is 11.9. The first-order valence-electron chi connectivity index (χ1n) is 13.6. The van der Waals surface area contributed by atoms with Crippen LogP contribution in [0.5, 0.6) is 11.5 Å². The van der Waals surface area contributed by atoms with Gasteiger partial charge in [0.15, 0.2) is 0 Å². The van der Waals surface area contributed by atoms with Crippen molar-refractivity contribution in [2.45, 2.75) is 65.8 Å². The fourth-order valence-corrected chi connectivity index (χ4v) is 4.32. The van der Waals surface area contributed by atoms with Gasteiger partial charge >= 0.3 is 12.2 Å². The fourth-order valence-electron chi connectivity index (χ4n) is 4.32. The predicted molar refractivity (Wildman–Crippen MR) is 160 cm³/mol. The second kappa shape index (κ2) is 12.0. The SMILES string of the molecule is CC(C)(C)OC(=O)N1CCc2cc(O)ccc21.CC(C)(C)OC(=O)n1ccc2cc(OCc3ccccc3)ccc21. The van der Waals surface area contributed by atoms with E-state index < -0.39 is 11.2 Å². The molecule has 3 aromatic carbocycles. The minimum Gasteiger partial charge on any atom is -0.508 e. The van der Waals surface area contributed by atoms with Crippen molar-refractivity contribution in [1.82, 2.24) is 4.57 Å². The summed E-state index contributed by atoms with van der Waals surface area (Å²) in [6, 6.07) is 22.6. The van der Waals surface area contributed by atoms with Gasteiger partial charge in [-0.3, -0.25) is 9.47 Å². The van der Waals surface area contributed by atoms with E-state index >= 15 is 0 Å². The summed E-state index contributed by atoms with van der Waals surface area (Å²) in [6.07, 6.45) is 1.76. The van der Waals surface area contributed by atoms with Crippen LogP contribution in [0.1, 0.15) is 52.7 Å². The summed E-state index contributed by atoms with van der Waals surface area (Å²) in [4.78, 5) is 25.8. The normalized spacial score (nSPS) is 12.8. The lowest BCUT2D eigenvalue weighted by Crippen LogP contribution is -2.35. The summed E-state index contributed by atoms with van der Waals surface area (Å²) in [5.41, 5.74) is 2.72. The molecule has 8 nitrogen and oxygen atoms in total. The zero-order valence-electron chi connectivity index (χ0n) is 24.5. The number of phenols is 1. The maximum Gasteiger partial charge on any atom is 0.418 e. The molecule has 0 saturated carbocycles. The van der Waals surface area contributed by atoms with E-state index in [1.165, 1.54) is 4.57 Å². The highest BCUT2D eigenvalue weighted by Crippen LogP contribution is 2.32. The van der Waals surface area contributed by atoms with Crippen LogP contribution >= 0.6 is 0 Å². The molecular formula is C33H38N2O6. The monoisotopic (exact) mass is 558 g/mol. The number of hydrogen-bond donors (Lipinski definition) is 1. The van der Waals surface area contributed by atoms with E-state index in [1.54, 1.807) is 29.3 Å². The Bertz CT molecular complexity index is 1510. The highest BCUT2D eigenvalue weighted by Gasteiger charge is 2.29. The minimum absolute atomic E-state index is 0.231. The van der Waals surface area contributed by atoms with Crippen molar-refractivity contribution >= 4 is 28.8 Å². The molecule has 0 atom stereocenters. The molecule has 5 rings (SSSR count). The van der Waals surface area contributed by atoms with Crippen LogP contribution in [0, 0.1) is 0 Å². The summed E-state index contributed by atoms with van der Waals surface area (Å²) < 4.78 is 18.1. The summed E-state index contributed by atoms with van der Waals surface area (Å²) in [5, 5.41) is 10.3. The molecule has 0 radical (unpaired) electrons. The number of aromatic hydroxyl groups is 1. The van der Waals surface area contributed by atoms with Gasteiger partial charge in [0.05, 0.1) is 11.2 Å². The summed E-state index contributed by atoms with van der Waals surface area (Å²) in [6.45, 7) is 12.2. The number of anilines is 1. The molecule has 1 aliphatic heterocycles. The molecule has 8 heteroatoms. The molecule has 0 spiro atoms. The smallest absolute Gasteiger partial charge is 0.418 e. The number of amides is 1. The molecule has 1 amide bonds. The van der Waals surface area contributed by atoms with Crippen molar-refractivity contribution in [2.24, 2.45) is 0 Å². The molecule has 0 bridgehead atoms. The van der Waals surface area contributed by atoms with Crippen LogP contribution in [0.15, 0.2) is 79.0 Å². The van der Waals surface area contributed by atoms with E-state index in [-0.39, 0.29) is 17.9 Å². The minimum atomic E-state index is -0.521. The van der Waals surface area contributed by atoms with Gasteiger partial charge in [-0.05, 0) is 102 Å². The first kappa shape index (κ1) is 29.5. The summed E-state index contributed by atoms with van der Waals surface area (Å²) in [5.74, 6) is 1.00. The first-order valence-corrected chi connectivity index (χ1v) is 13.6. The lowest BCUT2D eigenvalue weighted by molar-refractivity contribution is 0.0541. The van der Waals surface area contributed by atoms with Gasteiger partial charge in [0, 0.05) is 18.1 Å². The molecule has 1 N–H and O–H groups in total. The Morgan fingerprint density at radius 3 is 2.20 bits per heavy atom. The summed E-state index contributed by atoms with van der Waals surface area (Å²) in [7, 11) is 0. The van der Waals surface area contributed by atoms with Gasteiger partial charge in [0.2, 0.25) is 0 Å². The van der Waals surface area contributed by atoms with Crippen molar-refractivity contribution < 1.29 is 28.9 Å². The number of carbonyl (C=O) groups excluding carboxylic acids is 2. The quantitative estimate of drug-likeness (QED) is 0.277. The third-order valence-corrected chi connectivity index (χ3v) is 6.07. The van der Waals surface area contributed by atoms with E-state index in [9.17, 15) is 14.7 Å². The molecular weight excluding hydrogens is 520 g/mol. The van der Waals surface area contributed by atoms with E-state index in [1.807, 2.05) is 96.1 Å². The van der Waals surface area contributed by atoms with Gasteiger partial charge in [-0.1, -0.05) is 30.3 Å². The standard InChI is InChI=1S/C20H21NO3.C13H17NO3/c1-20(2,3)24-19(22)21-12-11-16-13-17(9-10-18(16)21)23-14-15-7-5-4-6-8-15;1-13(2,3)17-12(16)14-7-6-9-8-10(15)4-5-11(9)14/h4-13H,14H2,1-3H3;4-5,8,15H,6-7H2,1-3H3. The average Bonchev–Trinajstić information content (AvgIpc) is 3.50. The molecule has 0 aliphatic carbocycles. The molecule has 0 unspecified atom stereocenters. The Balaban J connectivity index is 0.000000201. The molecule has 2 heterocycles. The summed E-state index contributed by atoms with van der Waals surface area (Å²) >= 11 is 0. The highest BCUT2D eigenvalue weighted by atomic mass is 16.6. The number of hydrogen-bond acceptors (Lipinski definition) is 6. The van der Waals surface area contributed by atoms with Crippen LogP contribution in [-0.4, -0.2) is 39.6 Å². The number of aromatic nitrogens is 1. The molecule has 4 aromatic rings. The van der Waals surface area contributed by atoms with Crippen molar-refractivity contribution in [3.05, 3.63) is 90.1 Å². The number of ether oxygens (including phenoxy) is 3. The molecule has 0 fully saturated rings. The van der Waals surface area contributed by atoms with E-state index in [4.69, 9.17) is 14.2 Å². The molecule has 41 heavy (non-hydrogen) atoms. The van der Waals surface area contributed by atoms with Gasteiger partial charge in [-0.2, -0.15) is 0 Å². The van der Waals surface area contributed by atoms with Gasteiger partial charge in [0.1, 0.15) is 29.3 Å². The van der Waals surface area contributed by atoms with Crippen molar-refractivity contribution in [3.63, 3.8) is 0 Å². The number of fused-ring (bicyclic) bond motifs is 2. The maximum absolute atomic E-state index is 12.2.